The van der Waals surface area contributed by atoms with E-state index in [1.807, 2.05) is 24.3 Å². The molecule has 0 radical (unpaired) electrons. The molecule has 0 fully saturated rings. The monoisotopic (exact) mass is 354 g/mol. The number of carbonyl (C=O) groups is 1. The van der Waals surface area contributed by atoms with Gasteiger partial charge in [-0.25, -0.2) is 0 Å². The second kappa shape index (κ2) is 7.59. The van der Waals surface area contributed by atoms with Crippen LogP contribution in [0.15, 0.2) is 54.7 Å². The van der Waals surface area contributed by atoms with E-state index in [0.29, 0.717) is 22.5 Å². The lowest BCUT2D eigenvalue weighted by Crippen LogP contribution is -2.06. The third-order valence-corrected chi connectivity index (χ3v) is 3.33. The van der Waals surface area contributed by atoms with Gasteiger partial charge in [-0.15, -0.1) is 5.10 Å². The minimum absolute atomic E-state index is 0.131. The van der Waals surface area contributed by atoms with Crippen LogP contribution in [0.1, 0.15) is 6.92 Å². The summed E-state index contributed by atoms with van der Waals surface area (Å²) < 4.78 is 0. The van der Waals surface area contributed by atoms with Crippen molar-refractivity contribution >= 4 is 46.3 Å². The maximum atomic E-state index is 11.1. The van der Waals surface area contributed by atoms with Gasteiger partial charge in [0, 0.05) is 29.0 Å². The van der Waals surface area contributed by atoms with E-state index >= 15 is 0 Å². The van der Waals surface area contributed by atoms with Gasteiger partial charge in [0.05, 0.1) is 6.20 Å². The van der Waals surface area contributed by atoms with Gasteiger partial charge in [-0.3, -0.25) is 4.79 Å². The lowest BCUT2D eigenvalue weighted by molar-refractivity contribution is -0.114. The van der Waals surface area contributed by atoms with Gasteiger partial charge < -0.3 is 16.0 Å². The number of benzene rings is 2. The van der Waals surface area contributed by atoms with E-state index in [-0.39, 0.29) is 5.91 Å². The number of anilines is 5. The Morgan fingerprint density at radius 3 is 2.48 bits per heavy atom. The van der Waals surface area contributed by atoms with Gasteiger partial charge in [-0.05, 0) is 36.4 Å². The van der Waals surface area contributed by atoms with Gasteiger partial charge in [-0.2, -0.15) is 10.1 Å². The molecule has 0 aliphatic carbocycles. The van der Waals surface area contributed by atoms with Crippen molar-refractivity contribution in [2.45, 2.75) is 6.92 Å². The second-order valence-electron chi connectivity index (χ2n) is 5.19. The zero-order chi connectivity index (χ0) is 17.6. The van der Waals surface area contributed by atoms with E-state index in [4.69, 9.17) is 11.6 Å². The van der Waals surface area contributed by atoms with Crippen molar-refractivity contribution in [3.8, 4) is 0 Å². The van der Waals surface area contributed by atoms with E-state index in [0.717, 1.165) is 11.4 Å². The first kappa shape index (κ1) is 16.7. The van der Waals surface area contributed by atoms with Crippen molar-refractivity contribution in [2.75, 3.05) is 16.0 Å². The summed E-state index contributed by atoms with van der Waals surface area (Å²) in [5.74, 6) is 0.721. The largest absolute Gasteiger partial charge is 0.339 e. The number of nitrogens with zero attached hydrogens (tertiary/aromatic N) is 3. The summed E-state index contributed by atoms with van der Waals surface area (Å²) in [6.07, 6.45) is 1.51. The Kier molecular flexibility index (Phi) is 5.06. The Bertz CT molecular complexity index is 902. The Morgan fingerprint density at radius 2 is 1.72 bits per heavy atom. The van der Waals surface area contributed by atoms with Crippen molar-refractivity contribution in [1.82, 2.24) is 15.2 Å². The van der Waals surface area contributed by atoms with Crippen LogP contribution in [0, 0.1) is 0 Å². The maximum Gasteiger partial charge on any atom is 0.249 e. The van der Waals surface area contributed by atoms with Crippen molar-refractivity contribution in [3.05, 3.63) is 59.8 Å². The molecule has 7 nitrogen and oxygen atoms in total. The highest BCUT2D eigenvalue weighted by molar-refractivity contribution is 6.30. The summed E-state index contributed by atoms with van der Waals surface area (Å²) in [5.41, 5.74) is 2.22. The van der Waals surface area contributed by atoms with E-state index in [9.17, 15) is 4.79 Å². The third kappa shape index (κ3) is 4.89. The van der Waals surface area contributed by atoms with E-state index in [2.05, 4.69) is 31.1 Å². The summed E-state index contributed by atoms with van der Waals surface area (Å²) in [5, 5.41) is 17.4. The van der Waals surface area contributed by atoms with Crippen LogP contribution < -0.4 is 16.0 Å². The summed E-state index contributed by atoms with van der Waals surface area (Å²) >= 11 is 5.96. The highest BCUT2D eigenvalue weighted by Gasteiger charge is 2.04. The zero-order valence-electron chi connectivity index (χ0n) is 13.3. The average molecular weight is 355 g/mol. The molecule has 0 aliphatic rings. The minimum Gasteiger partial charge on any atom is -0.339 e. The van der Waals surface area contributed by atoms with Gasteiger partial charge in [0.2, 0.25) is 11.9 Å². The molecule has 0 aliphatic heterocycles. The molecule has 1 heterocycles. The lowest BCUT2D eigenvalue weighted by Gasteiger charge is -2.09. The quantitative estimate of drug-likeness (QED) is 0.642. The van der Waals surface area contributed by atoms with Gasteiger partial charge in [-0.1, -0.05) is 23.7 Å². The molecular formula is C17H15ClN6O. The maximum absolute atomic E-state index is 11.1. The summed E-state index contributed by atoms with van der Waals surface area (Å²) in [6, 6.07) is 14.5. The normalized spacial score (nSPS) is 10.2. The van der Waals surface area contributed by atoms with Crippen LogP contribution in [0.3, 0.4) is 0 Å². The van der Waals surface area contributed by atoms with Gasteiger partial charge in [0.15, 0.2) is 5.82 Å². The predicted molar refractivity (Wildman–Crippen MR) is 98.6 cm³/mol. The van der Waals surface area contributed by atoms with Crippen molar-refractivity contribution < 1.29 is 4.79 Å². The zero-order valence-corrected chi connectivity index (χ0v) is 14.1. The molecule has 2 aromatic carbocycles. The van der Waals surface area contributed by atoms with Crippen LogP contribution in [-0.2, 0) is 4.79 Å². The molecule has 126 valence electrons. The molecule has 3 rings (SSSR count). The number of halogens is 1. The first-order valence-corrected chi connectivity index (χ1v) is 7.83. The van der Waals surface area contributed by atoms with Crippen molar-refractivity contribution in [1.29, 1.82) is 0 Å². The molecule has 3 aromatic rings. The smallest absolute Gasteiger partial charge is 0.249 e. The van der Waals surface area contributed by atoms with Crippen molar-refractivity contribution in [3.63, 3.8) is 0 Å². The Labute approximate surface area is 149 Å². The van der Waals surface area contributed by atoms with Gasteiger partial charge in [0.1, 0.15) is 0 Å². The fourth-order valence-corrected chi connectivity index (χ4v) is 2.33. The van der Waals surface area contributed by atoms with Gasteiger partial charge in [0.25, 0.3) is 0 Å². The van der Waals surface area contributed by atoms with Gasteiger partial charge >= 0.3 is 0 Å². The SMILES string of the molecule is CC(=O)Nc1cccc(Nc2cnnc(Nc3cccc(Cl)c3)n2)c1. The van der Waals surface area contributed by atoms with Crippen LogP contribution >= 0.6 is 11.6 Å². The number of nitrogens with one attached hydrogen (secondary N) is 3. The molecule has 1 aromatic heterocycles. The molecule has 8 heteroatoms. The fraction of sp³-hybridized carbons (Fsp3) is 0.0588. The average Bonchev–Trinajstić information content (AvgIpc) is 2.55. The Morgan fingerprint density at radius 1 is 1.00 bits per heavy atom. The molecule has 0 unspecified atom stereocenters. The Hall–Kier alpha value is -3.19. The molecule has 0 bridgehead atoms. The predicted octanol–water partition coefficient (Wildman–Crippen LogP) is 3.97. The second-order valence-corrected chi connectivity index (χ2v) is 5.62. The first-order valence-electron chi connectivity index (χ1n) is 7.45. The number of amides is 1. The molecule has 25 heavy (non-hydrogen) atoms. The van der Waals surface area contributed by atoms with Crippen molar-refractivity contribution in [2.24, 2.45) is 0 Å². The summed E-state index contributed by atoms with van der Waals surface area (Å²) in [4.78, 5) is 15.5. The highest BCUT2D eigenvalue weighted by Crippen LogP contribution is 2.21. The molecular weight excluding hydrogens is 340 g/mol. The van der Waals surface area contributed by atoms with E-state index < -0.39 is 0 Å². The number of aromatic nitrogens is 3. The lowest BCUT2D eigenvalue weighted by atomic mass is 10.2. The number of rotatable bonds is 5. The Balaban J connectivity index is 1.74. The highest BCUT2D eigenvalue weighted by atomic mass is 35.5. The minimum atomic E-state index is -0.131. The summed E-state index contributed by atoms with van der Waals surface area (Å²) in [7, 11) is 0. The van der Waals surface area contributed by atoms with Crippen LogP contribution in [0.2, 0.25) is 5.02 Å². The number of hydrogen-bond donors (Lipinski definition) is 3. The van der Waals surface area contributed by atoms with Crippen LogP contribution in [0.5, 0.6) is 0 Å². The number of carbonyl (C=O) groups excluding carboxylic acids is 1. The summed E-state index contributed by atoms with van der Waals surface area (Å²) in [6.45, 7) is 1.46. The molecule has 3 N–H and O–H groups in total. The standard InChI is InChI=1S/C17H15ClN6O/c1-11(25)20-14-6-3-7-15(9-14)21-16-10-19-24-17(23-16)22-13-5-2-4-12(18)8-13/h2-10H,1H3,(H,20,25)(H2,21,22,23,24). The molecule has 0 saturated heterocycles. The van der Waals surface area contributed by atoms with Crippen LogP contribution in [0.4, 0.5) is 28.8 Å². The topological polar surface area (TPSA) is 91.8 Å². The molecule has 0 spiro atoms. The molecule has 1 amide bonds. The van der Waals surface area contributed by atoms with Crippen LogP contribution in [-0.4, -0.2) is 21.1 Å². The fourth-order valence-electron chi connectivity index (χ4n) is 2.14. The number of hydrogen-bond acceptors (Lipinski definition) is 6. The molecule has 0 atom stereocenters. The van der Waals surface area contributed by atoms with E-state index in [1.54, 1.807) is 24.3 Å². The van der Waals surface area contributed by atoms with Crippen LogP contribution in [0.25, 0.3) is 0 Å². The first-order chi connectivity index (χ1) is 12.1. The van der Waals surface area contributed by atoms with E-state index in [1.165, 1.54) is 13.1 Å². The third-order valence-electron chi connectivity index (χ3n) is 3.09. The molecule has 0 saturated carbocycles.